The topological polar surface area (TPSA) is 29.5 Å². The molecule has 0 aromatic heterocycles. The lowest BCUT2D eigenvalue weighted by Gasteiger charge is -2.28. The van der Waals surface area contributed by atoms with E-state index in [9.17, 15) is 13.2 Å². The van der Waals surface area contributed by atoms with Crippen molar-refractivity contribution in [2.45, 2.75) is 25.3 Å². The maximum absolute atomic E-state index is 11.9. The number of aliphatic hydroxyl groups excluding tert-OH is 1. The largest absolute Gasteiger partial charge is 0.523 e. The Kier molecular flexibility index (Phi) is 2.38. The van der Waals surface area contributed by atoms with Gasteiger partial charge in [0.15, 0.2) is 0 Å². The molecule has 1 atom stereocenters. The van der Waals surface area contributed by atoms with Gasteiger partial charge in [-0.1, -0.05) is 12.2 Å². The van der Waals surface area contributed by atoms with Crippen LogP contribution in [0.2, 0.25) is 0 Å². The molecule has 0 spiro atoms. The monoisotopic (exact) mass is 194 g/mol. The molecule has 0 saturated carbocycles. The second-order valence-electron chi connectivity index (χ2n) is 3.05. The van der Waals surface area contributed by atoms with Crippen molar-refractivity contribution in [2.24, 2.45) is 0 Å². The summed E-state index contributed by atoms with van der Waals surface area (Å²) in [7, 11) is 0. The van der Waals surface area contributed by atoms with Gasteiger partial charge in [0.25, 0.3) is 0 Å². The Balaban J connectivity index is 2.69. The standard InChI is InChI=1S/C8H9F3O2/c1-7(13-8(9,10)11)4-2-3-6(12)5-7/h2-4,12H,5H2,1H3. The second kappa shape index (κ2) is 3.06. The van der Waals surface area contributed by atoms with Crippen molar-refractivity contribution in [1.29, 1.82) is 0 Å². The van der Waals surface area contributed by atoms with Crippen LogP contribution in [0.3, 0.4) is 0 Å². The van der Waals surface area contributed by atoms with E-state index in [2.05, 4.69) is 4.74 Å². The maximum Gasteiger partial charge on any atom is 0.523 e. The van der Waals surface area contributed by atoms with Crippen molar-refractivity contribution in [1.82, 2.24) is 0 Å². The van der Waals surface area contributed by atoms with Crippen molar-refractivity contribution in [3.05, 3.63) is 24.0 Å². The Labute approximate surface area is 73.3 Å². The predicted octanol–water partition coefficient (Wildman–Crippen LogP) is 2.68. The fourth-order valence-electron chi connectivity index (χ4n) is 1.17. The van der Waals surface area contributed by atoms with Crippen LogP contribution in [-0.2, 0) is 4.74 Å². The second-order valence-corrected chi connectivity index (χ2v) is 3.05. The quantitative estimate of drug-likeness (QED) is 0.695. The summed E-state index contributed by atoms with van der Waals surface area (Å²) in [4.78, 5) is 0. The highest BCUT2D eigenvalue weighted by Gasteiger charge is 2.40. The Morgan fingerprint density at radius 1 is 1.54 bits per heavy atom. The zero-order chi connectivity index (χ0) is 10.1. The summed E-state index contributed by atoms with van der Waals surface area (Å²) in [6, 6.07) is 0. The molecule has 0 aliphatic heterocycles. The van der Waals surface area contributed by atoms with Gasteiger partial charge < -0.3 is 5.11 Å². The summed E-state index contributed by atoms with van der Waals surface area (Å²) in [6.45, 7) is 1.26. The highest BCUT2D eigenvalue weighted by Crippen LogP contribution is 2.32. The highest BCUT2D eigenvalue weighted by atomic mass is 19.4. The van der Waals surface area contributed by atoms with Gasteiger partial charge in [0.2, 0.25) is 0 Å². The number of halogens is 3. The summed E-state index contributed by atoms with van der Waals surface area (Å²) in [6.07, 6.45) is -0.911. The Bertz CT molecular complexity index is 255. The van der Waals surface area contributed by atoms with E-state index in [0.29, 0.717) is 0 Å². The van der Waals surface area contributed by atoms with E-state index < -0.39 is 12.0 Å². The van der Waals surface area contributed by atoms with E-state index in [1.807, 2.05) is 0 Å². The van der Waals surface area contributed by atoms with Crippen LogP contribution in [0.4, 0.5) is 13.2 Å². The number of aliphatic hydroxyl groups is 1. The average Bonchev–Trinajstić information content (AvgIpc) is 1.79. The molecule has 5 heteroatoms. The highest BCUT2D eigenvalue weighted by molar-refractivity contribution is 5.20. The van der Waals surface area contributed by atoms with Crippen LogP contribution in [0.15, 0.2) is 24.0 Å². The molecule has 0 aromatic carbocycles. The van der Waals surface area contributed by atoms with Crippen molar-refractivity contribution in [2.75, 3.05) is 0 Å². The zero-order valence-corrected chi connectivity index (χ0v) is 6.93. The first-order valence-electron chi connectivity index (χ1n) is 3.65. The Morgan fingerprint density at radius 3 is 2.62 bits per heavy atom. The van der Waals surface area contributed by atoms with Gasteiger partial charge in [-0.15, -0.1) is 13.2 Å². The van der Waals surface area contributed by atoms with Gasteiger partial charge in [-0.2, -0.15) is 0 Å². The molecular formula is C8H9F3O2. The third-order valence-corrected chi connectivity index (χ3v) is 1.62. The van der Waals surface area contributed by atoms with Crippen LogP contribution in [0.25, 0.3) is 0 Å². The van der Waals surface area contributed by atoms with Gasteiger partial charge in [0.05, 0.1) is 5.76 Å². The Hall–Kier alpha value is -0.970. The van der Waals surface area contributed by atoms with E-state index in [0.717, 1.165) is 0 Å². The summed E-state index contributed by atoms with van der Waals surface area (Å²) >= 11 is 0. The fourth-order valence-corrected chi connectivity index (χ4v) is 1.17. The number of rotatable bonds is 1. The molecule has 0 radical (unpaired) electrons. The van der Waals surface area contributed by atoms with Crippen LogP contribution in [0.1, 0.15) is 13.3 Å². The number of alkyl halides is 3. The summed E-state index contributed by atoms with van der Waals surface area (Å²) in [5, 5.41) is 9.00. The number of hydrogen-bond donors (Lipinski definition) is 1. The molecule has 1 rings (SSSR count). The first kappa shape index (κ1) is 10.1. The van der Waals surface area contributed by atoms with Gasteiger partial charge in [-0.3, -0.25) is 4.74 Å². The third-order valence-electron chi connectivity index (χ3n) is 1.62. The van der Waals surface area contributed by atoms with Gasteiger partial charge in [0, 0.05) is 6.42 Å². The van der Waals surface area contributed by atoms with Crippen molar-refractivity contribution < 1.29 is 23.0 Å². The van der Waals surface area contributed by atoms with Crippen molar-refractivity contribution in [3.8, 4) is 0 Å². The zero-order valence-electron chi connectivity index (χ0n) is 6.93. The molecule has 1 aliphatic carbocycles. The number of hydrogen-bond acceptors (Lipinski definition) is 2. The van der Waals surface area contributed by atoms with Crippen molar-refractivity contribution >= 4 is 0 Å². The first-order chi connectivity index (χ1) is 5.81. The molecule has 0 heterocycles. The van der Waals surface area contributed by atoms with Gasteiger partial charge in [-0.25, -0.2) is 0 Å². The van der Waals surface area contributed by atoms with E-state index in [1.165, 1.54) is 25.2 Å². The molecule has 0 amide bonds. The smallest absolute Gasteiger partial charge is 0.512 e. The van der Waals surface area contributed by atoms with Crippen molar-refractivity contribution in [3.63, 3.8) is 0 Å². The minimum absolute atomic E-state index is 0.116. The van der Waals surface area contributed by atoms with Crippen LogP contribution in [-0.4, -0.2) is 17.1 Å². The molecule has 1 aliphatic rings. The lowest BCUT2D eigenvalue weighted by atomic mass is 9.96. The molecule has 2 nitrogen and oxygen atoms in total. The molecule has 1 unspecified atom stereocenters. The maximum atomic E-state index is 11.9. The molecule has 74 valence electrons. The molecule has 0 fully saturated rings. The van der Waals surface area contributed by atoms with Crippen LogP contribution < -0.4 is 0 Å². The molecule has 0 aromatic rings. The van der Waals surface area contributed by atoms with Crippen LogP contribution >= 0.6 is 0 Å². The van der Waals surface area contributed by atoms with E-state index in [4.69, 9.17) is 5.11 Å². The molecular weight excluding hydrogens is 185 g/mol. The Morgan fingerprint density at radius 2 is 2.15 bits per heavy atom. The lowest BCUT2D eigenvalue weighted by Crippen LogP contribution is -2.34. The molecule has 0 saturated heterocycles. The average molecular weight is 194 g/mol. The van der Waals surface area contributed by atoms with E-state index >= 15 is 0 Å². The van der Waals surface area contributed by atoms with Crippen LogP contribution in [0.5, 0.6) is 0 Å². The van der Waals surface area contributed by atoms with Gasteiger partial charge in [0.1, 0.15) is 5.60 Å². The minimum atomic E-state index is -4.68. The first-order valence-corrected chi connectivity index (χ1v) is 3.65. The molecule has 1 N–H and O–H groups in total. The number of ether oxygens (including phenoxy) is 1. The molecule has 13 heavy (non-hydrogen) atoms. The van der Waals surface area contributed by atoms with Gasteiger partial charge >= 0.3 is 6.36 Å². The summed E-state index contributed by atoms with van der Waals surface area (Å²) in [5.74, 6) is -0.116. The fraction of sp³-hybridized carbons (Fsp3) is 0.500. The predicted molar refractivity (Wildman–Crippen MR) is 40.0 cm³/mol. The lowest BCUT2D eigenvalue weighted by molar-refractivity contribution is -0.356. The van der Waals surface area contributed by atoms with E-state index in [1.54, 1.807) is 0 Å². The normalized spacial score (nSPS) is 28.8. The number of allylic oxidation sites excluding steroid dienone is 2. The summed E-state index contributed by atoms with van der Waals surface area (Å²) < 4.78 is 39.4. The third kappa shape index (κ3) is 3.10. The van der Waals surface area contributed by atoms with Gasteiger partial charge in [-0.05, 0) is 13.0 Å². The van der Waals surface area contributed by atoms with E-state index in [-0.39, 0.29) is 12.2 Å². The minimum Gasteiger partial charge on any atom is -0.512 e. The SMILES string of the molecule is CC1(OC(F)(F)F)C=CC=C(O)C1. The molecule has 0 bridgehead atoms. The van der Waals surface area contributed by atoms with Crippen LogP contribution in [0, 0.1) is 0 Å². The summed E-state index contributed by atoms with van der Waals surface area (Å²) in [5.41, 5.74) is -1.49.